The van der Waals surface area contributed by atoms with Gasteiger partial charge in [0.2, 0.25) is 11.8 Å². The summed E-state index contributed by atoms with van der Waals surface area (Å²) in [5.41, 5.74) is -0.00340. The highest BCUT2D eigenvalue weighted by Crippen LogP contribution is 2.32. The van der Waals surface area contributed by atoms with Crippen LogP contribution in [0.15, 0.2) is 78.9 Å². The minimum absolute atomic E-state index is 0.0100. The Labute approximate surface area is 205 Å². The lowest BCUT2D eigenvalue weighted by atomic mass is 9.83. The van der Waals surface area contributed by atoms with E-state index < -0.39 is 54.0 Å². The maximum absolute atomic E-state index is 13.5. The lowest BCUT2D eigenvalue weighted by molar-refractivity contribution is -0.135. The minimum Gasteiger partial charge on any atom is -0.345 e. The molecule has 3 aromatic carbocycles. The average Bonchev–Trinajstić information content (AvgIpc) is 3.11. The van der Waals surface area contributed by atoms with Crippen molar-refractivity contribution in [3.8, 4) is 0 Å². The van der Waals surface area contributed by atoms with E-state index in [1.807, 2.05) is 30.3 Å². The molecule has 1 atom stereocenters. The fourth-order valence-corrected chi connectivity index (χ4v) is 3.97. The van der Waals surface area contributed by atoms with Crippen molar-refractivity contribution >= 4 is 29.4 Å². The van der Waals surface area contributed by atoms with Crippen molar-refractivity contribution in [2.45, 2.75) is 12.0 Å². The van der Waals surface area contributed by atoms with E-state index in [0.717, 1.165) is 22.6 Å². The van der Waals surface area contributed by atoms with Gasteiger partial charge in [-0.15, -0.1) is 0 Å². The first-order valence-electron chi connectivity index (χ1n) is 11.0. The molecule has 8 nitrogen and oxygen atoms in total. The van der Waals surface area contributed by atoms with Crippen LogP contribution in [-0.4, -0.2) is 41.7 Å². The van der Waals surface area contributed by atoms with Gasteiger partial charge in [0.15, 0.2) is 17.2 Å². The van der Waals surface area contributed by atoms with E-state index in [1.54, 1.807) is 30.3 Å². The fraction of sp³-hybridized carbons (Fsp3) is 0.154. The molecule has 4 rings (SSSR count). The van der Waals surface area contributed by atoms with Gasteiger partial charge < -0.3 is 16.0 Å². The molecular weight excluding hydrogens is 470 g/mol. The van der Waals surface area contributed by atoms with E-state index >= 15 is 0 Å². The van der Waals surface area contributed by atoms with Crippen molar-refractivity contribution in [3.05, 3.63) is 102 Å². The molecule has 1 aliphatic rings. The van der Waals surface area contributed by atoms with Crippen molar-refractivity contribution in [1.29, 1.82) is 0 Å². The zero-order chi connectivity index (χ0) is 25.7. The lowest BCUT2D eigenvalue weighted by Gasteiger charge is -2.27. The van der Waals surface area contributed by atoms with Gasteiger partial charge in [-0.2, -0.15) is 0 Å². The first kappa shape index (κ1) is 24.5. The summed E-state index contributed by atoms with van der Waals surface area (Å²) in [5.74, 6) is -4.23. The molecule has 10 heteroatoms. The minimum atomic E-state index is -1.40. The van der Waals surface area contributed by atoms with Crippen LogP contribution in [0, 0.1) is 11.6 Å². The molecule has 1 unspecified atom stereocenters. The molecule has 3 aromatic rings. The third-order valence-electron chi connectivity index (χ3n) is 5.71. The largest absolute Gasteiger partial charge is 0.345 e. The third kappa shape index (κ3) is 5.22. The number of rotatable bonds is 8. The van der Waals surface area contributed by atoms with Gasteiger partial charge in [-0.05, 0) is 23.3 Å². The van der Waals surface area contributed by atoms with Crippen LogP contribution in [-0.2, 0) is 26.3 Å². The van der Waals surface area contributed by atoms with Gasteiger partial charge in [0.1, 0.15) is 6.54 Å². The van der Waals surface area contributed by atoms with Crippen LogP contribution in [0.25, 0.3) is 0 Å². The monoisotopic (exact) mass is 492 g/mol. The zero-order valence-electron chi connectivity index (χ0n) is 19.0. The summed E-state index contributed by atoms with van der Waals surface area (Å²) in [4.78, 5) is 51.7. The Morgan fingerprint density at radius 2 is 1.53 bits per heavy atom. The summed E-state index contributed by atoms with van der Waals surface area (Å²) in [6, 6.07) is 20.0. The van der Waals surface area contributed by atoms with Gasteiger partial charge in [-0.3, -0.25) is 19.3 Å². The quantitative estimate of drug-likeness (QED) is 0.420. The summed E-state index contributed by atoms with van der Waals surface area (Å²) in [6.45, 7) is -1.11. The number of anilines is 1. The average molecular weight is 492 g/mol. The standard InChI is InChI=1S/C26H22F2N4O4/c27-20-12-11-19(13-21(20)28)30-22(33)15-29-23(34)16-32-24(35)26(31-25(32)36,18-9-5-2-6-10-18)14-17-7-3-1-4-8-17/h1-13H,14-16H2,(H,29,34)(H,30,33)(H,31,36). The zero-order valence-corrected chi connectivity index (χ0v) is 19.0. The van der Waals surface area contributed by atoms with Gasteiger partial charge in [0.05, 0.1) is 6.54 Å². The number of halogens is 2. The number of benzene rings is 3. The molecule has 0 bridgehead atoms. The Kier molecular flexibility index (Phi) is 7.05. The summed E-state index contributed by atoms with van der Waals surface area (Å²) >= 11 is 0. The first-order chi connectivity index (χ1) is 17.3. The van der Waals surface area contributed by atoms with Crippen molar-refractivity contribution in [2.75, 3.05) is 18.4 Å². The Morgan fingerprint density at radius 1 is 0.861 bits per heavy atom. The molecule has 0 aliphatic carbocycles. The smallest absolute Gasteiger partial charge is 0.325 e. The molecule has 3 N–H and O–H groups in total. The molecular formula is C26H22F2N4O4. The number of nitrogens with zero attached hydrogens (tertiary/aromatic N) is 1. The van der Waals surface area contributed by atoms with Crippen molar-refractivity contribution in [3.63, 3.8) is 0 Å². The molecule has 0 radical (unpaired) electrons. The number of amides is 5. The Morgan fingerprint density at radius 3 is 2.19 bits per heavy atom. The highest BCUT2D eigenvalue weighted by atomic mass is 19.2. The molecule has 1 saturated heterocycles. The molecule has 0 spiro atoms. The number of carbonyl (C=O) groups is 4. The van der Waals surface area contributed by atoms with E-state index in [9.17, 15) is 28.0 Å². The Hall–Kier alpha value is -4.60. The number of nitrogens with one attached hydrogen (secondary N) is 3. The highest BCUT2D eigenvalue weighted by Gasteiger charge is 2.52. The van der Waals surface area contributed by atoms with Gasteiger partial charge in [0.25, 0.3) is 5.91 Å². The van der Waals surface area contributed by atoms with Gasteiger partial charge in [0, 0.05) is 18.2 Å². The van der Waals surface area contributed by atoms with Gasteiger partial charge >= 0.3 is 6.03 Å². The topological polar surface area (TPSA) is 108 Å². The molecule has 0 aromatic heterocycles. The van der Waals surface area contributed by atoms with Crippen LogP contribution < -0.4 is 16.0 Å². The summed E-state index contributed by atoms with van der Waals surface area (Å²) in [5, 5.41) is 7.40. The van der Waals surface area contributed by atoms with Crippen LogP contribution >= 0.6 is 0 Å². The van der Waals surface area contributed by atoms with E-state index in [1.165, 1.54) is 6.07 Å². The lowest BCUT2D eigenvalue weighted by Crippen LogP contribution is -2.47. The number of hydrogen-bond donors (Lipinski definition) is 3. The van der Waals surface area contributed by atoms with Crippen LogP contribution in [0.5, 0.6) is 0 Å². The fourth-order valence-electron chi connectivity index (χ4n) is 3.97. The molecule has 1 heterocycles. The summed E-state index contributed by atoms with van der Waals surface area (Å²) < 4.78 is 26.3. The van der Waals surface area contributed by atoms with Crippen LogP contribution in [0.1, 0.15) is 11.1 Å². The van der Waals surface area contributed by atoms with Crippen LogP contribution in [0.2, 0.25) is 0 Å². The number of hydrogen-bond acceptors (Lipinski definition) is 4. The normalized spacial score (nSPS) is 17.0. The van der Waals surface area contributed by atoms with Gasteiger partial charge in [-0.25, -0.2) is 13.6 Å². The molecule has 5 amide bonds. The Balaban J connectivity index is 1.43. The number of imide groups is 1. The molecule has 1 fully saturated rings. The summed E-state index contributed by atoms with van der Waals surface area (Å²) in [7, 11) is 0. The molecule has 36 heavy (non-hydrogen) atoms. The van der Waals surface area contributed by atoms with E-state index in [4.69, 9.17) is 0 Å². The SMILES string of the molecule is O=C(CN1C(=O)NC(Cc2ccccc2)(c2ccccc2)C1=O)NCC(=O)Nc1ccc(F)c(F)c1. The molecule has 0 saturated carbocycles. The maximum Gasteiger partial charge on any atom is 0.325 e. The van der Waals surface area contributed by atoms with Gasteiger partial charge in [-0.1, -0.05) is 60.7 Å². The van der Waals surface area contributed by atoms with E-state index in [-0.39, 0.29) is 12.1 Å². The predicted molar refractivity (Wildman–Crippen MR) is 127 cm³/mol. The Bertz CT molecular complexity index is 1300. The van der Waals surface area contributed by atoms with Crippen LogP contribution in [0.3, 0.4) is 0 Å². The van der Waals surface area contributed by atoms with Crippen molar-refractivity contribution in [2.24, 2.45) is 0 Å². The third-order valence-corrected chi connectivity index (χ3v) is 5.71. The summed E-state index contributed by atoms with van der Waals surface area (Å²) in [6.07, 6.45) is 0.178. The number of carbonyl (C=O) groups excluding carboxylic acids is 4. The second-order valence-corrected chi connectivity index (χ2v) is 8.21. The van der Waals surface area contributed by atoms with Crippen molar-refractivity contribution in [1.82, 2.24) is 15.5 Å². The van der Waals surface area contributed by atoms with E-state index in [0.29, 0.717) is 5.56 Å². The molecule has 1 aliphatic heterocycles. The van der Waals surface area contributed by atoms with Crippen molar-refractivity contribution < 1.29 is 28.0 Å². The maximum atomic E-state index is 13.5. The van der Waals surface area contributed by atoms with E-state index in [2.05, 4.69) is 16.0 Å². The second kappa shape index (κ2) is 10.3. The molecule has 184 valence electrons. The first-order valence-corrected chi connectivity index (χ1v) is 11.0. The second-order valence-electron chi connectivity index (χ2n) is 8.21. The van der Waals surface area contributed by atoms with Crippen LogP contribution in [0.4, 0.5) is 19.3 Å². The number of urea groups is 1. The highest BCUT2D eigenvalue weighted by molar-refractivity contribution is 6.09. The predicted octanol–water partition coefficient (Wildman–Crippen LogP) is 2.71.